The molecule has 0 spiro atoms. The Hall–Kier alpha value is -2.68. The molecule has 3 N–H and O–H groups in total. The number of ether oxygens (including phenoxy) is 1. The minimum atomic E-state index is -0.375. The third-order valence-corrected chi connectivity index (χ3v) is 3.83. The molecule has 1 heterocycles. The van der Waals surface area contributed by atoms with Gasteiger partial charge in [0.05, 0.1) is 6.04 Å². The molecular formula is C15H19N5O3S. The molecule has 0 radical (unpaired) electrons. The molecule has 0 saturated carbocycles. The lowest BCUT2D eigenvalue weighted by Gasteiger charge is -2.20. The standard InChI is InChI=1S/C15H19N5O3S/c1-3-11(18-14(22)19-15-20-17-9-24-15)10-6-4-5-7-12(10)23-8-13(21)16-2/h4-7,9,11H,3,8H2,1-2H3,(H,16,21)(H2,18,19,20,22). The van der Waals surface area contributed by atoms with E-state index in [2.05, 4.69) is 26.1 Å². The van der Waals surface area contributed by atoms with Crippen molar-refractivity contribution in [2.75, 3.05) is 19.0 Å². The lowest BCUT2D eigenvalue weighted by molar-refractivity contribution is -0.122. The number of carbonyl (C=O) groups excluding carboxylic acids is 2. The van der Waals surface area contributed by atoms with Crippen molar-refractivity contribution in [3.8, 4) is 5.75 Å². The van der Waals surface area contributed by atoms with Crippen LogP contribution in [-0.4, -0.2) is 35.8 Å². The summed E-state index contributed by atoms with van der Waals surface area (Å²) in [5.41, 5.74) is 2.34. The summed E-state index contributed by atoms with van der Waals surface area (Å²) in [6.07, 6.45) is 0.657. The summed E-state index contributed by atoms with van der Waals surface area (Å²) in [7, 11) is 1.55. The van der Waals surface area contributed by atoms with E-state index < -0.39 is 0 Å². The van der Waals surface area contributed by atoms with Crippen molar-refractivity contribution in [1.29, 1.82) is 0 Å². The monoisotopic (exact) mass is 349 g/mol. The fraction of sp³-hybridized carbons (Fsp3) is 0.333. The zero-order valence-corrected chi connectivity index (χ0v) is 14.2. The highest BCUT2D eigenvalue weighted by molar-refractivity contribution is 7.13. The van der Waals surface area contributed by atoms with Gasteiger partial charge >= 0.3 is 6.03 Å². The Morgan fingerprint density at radius 2 is 2.12 bits per heavy atom. The van der Waals surface area contributed by atoms with Crippen molar-refractivity contribution < 1.29 is 14.3 Å². The second kappa shape index (κ2) is 8.82. The molecule has 0 bridgehead atoms. The molecule has 2 aromatic rings. The number of amides is 3. The van der Waals surface area contributed by atoms with Crippen molar-refractivity contribution in [3.63, 3.8) is 0 Å². The summed E-state index contributed by atoms with van der Waals surface area (Å²) in [4.78, 5) is 23.5. The lowest BCUT2D eigenvalue weighted by atomic mass is 10.0. The van der Waals surface area contributed by atoms with Crippen LogP contribution in [-0.2, 0) is 4.79 Å². The molecule has 2 rings (SSSR count). The number of rotatable bonds is 7. The van der Waals surface area contributed by atoms with Gasteiger partial charge in [0.1, 0.15) is 11.3 Å². The van der Waals surface area contributed by atoms with E-state index in [-0.39, 0.29) is 24.6 Å². The largest absolute Gasteiger partial charge is 0.483 e. The van der Waals surface area contributed by atoms with Gasteiger partial charge < -0.3 is 15.4 Å². The third kappa shape index (κ3) is 4.92. The predicted molar refractivity (Wildman–Crippen MR) is 91.1 cm³/mol. The molecule has 0 fully saturated rings. The van der Waals surface area contributed by atoms with Crippen LogP contribution in [0.2, 0.25) is 0 Å². The molecule has 1 atom stereocenters. The highest BCUT2D eigenvalue weighted by atomic mass is 32.1. The van der Waals surface area contributed by atoms with Gasteiger partial charge in [-0.25, -0.2) is 4.79 Å². The molecule has 9 heteroatoms. The fourth-order valence-electron chi connectivity index (χ4n) is 2.03. The normalized spacial score (nSPS) is 11.4. The van der Waals surface area contributed by atoms with Crippen LogP contribution in [0.15, 0.2) is 29.8 Å². The molecule has 0 saturated heterocycles. The van der Waals surface area contributed by atoms with Crippen LogP contribution in [0.25, 0.3) is 0 Å². The number of aromatic nitrogens is 2. The van der Waals surface area contributed by atoms with Crippen molar-refractivity contribution in [2.45, 2.75) is 19.4 Å². The fourth-order valence-corrected chi connectivity index (χ4v) is 2.47. The number of urea groups is 1. The van der Waals surface area contributed by atoms with Gasteiger partial charge in [0.15, 0.2) is 6.61 Å². The number of hydrogen-bond donors (Lipinski definition) is 3. The van der Waals surface area contributed by atoms with E-state index in [1.165, 1.54) is 16.8 Å². The third-order valence-electron chi connectivity index (χ3n) is 3.23. The summed E-state index contributed by atoms with van der Waals surface area (Å²) in [5.74, 6) is 0.337. The van der Waals surface area contributed by atoms with Gasteiger partial charge in [0, 0.05) is 12.6 Å². The molecule has 1 unspecified atom stereocenters. The number of carbonyl (C=O) groups is 2. The van der Waals surface area contributed by atoms with Crippen LogP contribution in [0.1, 0.15) is 24.9 Å². The van der Waals surface area contributed by atoms with Crippen molar-refractivity contribution in [2.24, 2.45) is 0 Å². The average molecular weight is 349 g/mol. The maximum absolute atomic E-state index is 12.1. The van der Waals surface area contributed by atoms with E-state index in [0.29, 0.717) is 17.3 Å². The van der Waals surface area contributed by atoms with Crippen molar-refractivity contribution in [3.05, 3.63) is 35.3 Å². The zero-order valence-electron chi connectivity index (χ0n) is 13.4. The smallest absolute Gasteiger partial charge is 0.321 e. The predicted octanol–water partition coefficient (Wildman–Crippen LogP) is 1.94. The number of benzene rings is 1. The quantitative estimate of drug-likeness (QED) is 0.708. The molecule has 3 amide bonds. The van der Waals surface area contributed by atoms with Crippen LogP contribution in [0.4, 0.5) is 9.93 Å². The van der Waals surface area contributed by atoms with E-state index in [1.807, 2.05) is 25.1 Å². The van der Waals surface area contributed by atoms with E-state index in [9.17, 15) is 9.59 Å². The number of para-hydroxylation sites is 1. The second-order valence-corrected chi connectivity index (χ2v) is 5.64. The van der Waals surface area contributed by atoms with Crippen molar-refractivity contribution >= 4 is 28.4 Å². The van der Waals surface area contributed by atoms with Gasteiger partial charge in [-0.1, -0.05) is 36.5 Å². The number of nitrogens with one attached hydrogen (secondary N) is 3. The number of anilines is 1. The van der Waals surface area contributed by atoms with Gasteiger partial charge in [0.2, 0.25) is 5.13 Å². The van der Waals surface area contributed by atoms with Crippen LogP contribution in [0, 0.1) is 0 Å². The van der Waals surface area contributed by atoms with Crippen LogP contribution < -0.4 is 20.7 Å². The topological polar surface area (TPSA) is 105 Å². The first-order chi connectivity index (χ1) is 11.6. The lowest BCUT2D eigenvalue weighted by Crippen LogP contribution is -2.32. The summed E-state index contributed by atoms with van der Waals surface area (Å²) >= 11 is 1.24. The highest BCUT2D eigenvalue weighted by Gasteiger charge is 2.18. The van der Waals surface area contributed by atoms with E-state index in [0.717, 1.165) is 5.56 Å². The van der Waals surface area contributed by atoms with Gasteiger partial charge in [0.25, 0.3) is 5.91 Å². The second-order valence-electron chi connectivity index (χ2n) is 4.80. The Balaban J connectivity index is 2.06. The molecule has 1 aromatic carbocycles. The molecule has 0 aliphatic rings. The number of nitrogens with zero attached hydrogens (tertiary/aromatic N) is 2. The van der Waals surface area contributed by atoms with Gasteiger partial charge in [-0.05, 0) is 12.5 Å². The van der Waals surface area contributed by atoms with Gasteiger partial charge in [-0.2, -0.15) is 0 Å². The van der Waals surface area contributed by atoms with E-state index in [4.69, 9.17) is 4.74 Å². The van der Waals surface area contributed by atoms with Crippen LogP contribution >= 0.6 is 11.3 Å². The molecule has 0 aliphatic heterocycles. The van der Waals surface area contributed by atoms with Crippen LogP contribution in [0.3, 0.4) is 0 Å². The summed E-state index contributed by atoms with van der Waals surface area (Å²) < 4.78 is 5.56. The Morgan fingerprint density at radius 3 is 2.79 bits per heavy atom. The molecule has 0 aliphatic carbocycles. The Labute approximate surface area is 143 Å². The first-order valence-corrected chi connectivity index (χ1v) is 8.28. The Morgan fingerprint density at radius 1 is 1.33 bits per heavy atom. The Kier molecular flexibility index (Phi) is 6.50. The van der Waals surface area contributed by atoms with Crippen LogP contribution in [0.5, 0.6) is 5.75 Å². The average Bonchev–Trinajstić information content (AvgIpc) is 3.10. The van der Waals surface area contributed by atoms with Crippen molar-refractivity contribution in [1.82, 2.24) is 20.8 Å². The summed E-state index contributed by atoms with van der Waals surface area (Å²) in [6.45, 7) is 1.87. The molecule has 24 heavy (non-hydrogen) atoms. The Bertz CT molecular complexity index is 678. The van der Waals surface area contributed by atoms with E-state index in [1.54, 1.807) is 13.1 Å². The first kappa shape index (κ1) is 17.7. The minimum Gasteiger partial charge on any atom is -0.483 e. The maximum Gasteiger partial charge on any atom is 0.321 e. The first-order valence-electron chi connectivity index (χ1n) is 7.40. The molecular weight excluding hydrogens is 330 g/mol. The van der Waals surface area contributed by atoms with E-state index >= 15 is 0 Å². The minimum absolute atomic E-state index is 0.0824. The zero-order chi connectivity index (χ0) is 17.4. The number of likely N-dealkylation sites (N-methyl/N-ethyl adjacent to an activating group) is 1. The van der Waals surface area contributed by atoms with Gasteiger partial charge in [-0.3, -0.25) is 10.1 Å². The maximum atomic E-state index is 12.1. The SMILES string of the molecule is CCC(NC(=O)Nc1nncs1)c1ccccc1OCC(=O)NC. The van der Waals surface area contributed by atoms with Gasteiger partial charge in [-0.15, -0.1) is 10.2 Å². The molecule has 8 nitrogen and oxygen atoms in total. The molecule has 128 valence electrons. The molecule has 1 aromatic heterocycles. The summed E-state index contributed by atoms with van der Waals surface area (Å²) in [5, 5.41) is 15.8. The highest BCUT2D eigenvalue weighted by Crippen LogP contribution is 2.27. The number of hydrogen-bond acceptors (Lipinski definition) is 6. The summed E-state index contributed by atoms with van der Waals surface area (Å²) in [6, 6.07) is 6.66.